The Morgan fingerprint density at radius 1 is 1.29 bits per heavy atom. The zero-order valence-electron chi connectivity index (χ0n) is 10.9. The first-order valence-corrected chi connectivity index (χ1v) is 5.86. The van der Waals surface area contributed by atoms with Crippen molar-refractivity contribution in [3.63, 3.8) is 0 Å². The summed E-state index contributed by atoms with van der Waals surface area (Å²) in [5, 5.41) is 3.36. The Balaban J connectivity index is 4.02. The van der Waals surface area contributed by atoms with Gasteiger partial charge in [-0.25, -0.2) is 0 Å². The van der Waals surface area contributed by atoms with Gasteiger partial charge in [-0.2, -0.15) is 0 Å². The average Bonchev–Trinajstić information content (AvgIpc) is 2.16. The topological polar surface area (TPSA) is 15.3 Å². The highest BCUT2D eigenvalue weighted by Gasteiger charge is 2.19. The van der Waals surface area contributed by atoms with Crippen molar-refractivity contribution in [3.8, 4) is 0 Å². The number of nitrogens with one attached hydrogen (secondary N) is 1. The first-order valence-electron chi connectivity index (χ1n) is 5.86. The van der Waals surface area contributed by atoms with Crippen LogP contribution >= 0.6 is 0 Å². The van der Waals surface area contributed by atoms with Crippen LogP contribution in [-0.2, 0) is 0 Å². The molecule has 1 N–H and O–H groups in total. The third-order valence-corrected chi connectivity index (χ3v) is 3.01. The molecular weight excluding hydrogens is 172 g/mol. The molecule has 0 saturated heterocycles. The zero-order chi connectivity index (χ0) is 11.2. The van der Waals surface area contributed by atoms with Gasteiger partial charge in [-0.15, -0.1) is 0 Å². The van der Waals surface area contributed by atoms with Crippen molar-refractivity contribution in [2.75, 3.05) is 26.7 Å². The Bertz CT molecular complexity index is 143. The minimum absolute atomic E-state index is 0.226. The number of hydrogen-bond donors (Lipinski definition) is 1. The largest absolute Gasteiger partial charge is 0.314 e. The first kappa shape index (κ1) is 13.9. The van der Waals surface area contributed by atoms with Gasteiger partial charge in [-0.3, -0.25) is 0 Å². The minimum atomic E-state index is 0.226. The van der Waals surface area contributed by atoms with E-state index in [0.717, 1.165) is 19.0 Å². The molecule has 0 bridgehead atoms. The van der Waals surface area contributed by atoms with E-state index in [1.165, 1.54) is 13.0 Å². The second kappa shape index (κ2) is 6.41. The van der Waals surface area contributed by atoms with Gasteiger partial charge in [0.1, 0.15) is 0 Å². The van der Waals surface area contributed by atoms with Gasteiger partial charge < -0.3 is 10.2 Å². The number of hydrogen-bond acceptors (Lipinski definition) is 2. The van der Waals surface area contributed by atoms with Crippen LogP contribution in [-0.4, -0.2) is 37.1 Å². The molecule has 0 radical (unpaired) electrons. The van der Waals surface area contributed by atoms with Crippen LogP contribution in [0.15, 0.2) is 0 Å². The monoisotopic (exact) mass is 200 g/mol. The van der Waals surface area contributed by atoms with E-state index in [4.69, 9.17) is 0 Å². The molecule has 0 aliphatic carbocycles. The molecule has 0 rings (SSSR count). The van der Waals surface area contributed by atoms with Crippen LogP contribution in [0.2, 0.25) is 0 Å². The maximum atomic E-state index is 3.36. The van der Waals surface area contributed by atoms with E-state index in [9.17, 15) is 0 Å². The molecule has 2 heteroatoms. The van der Waals surface area contributed by atoms with Crippen molar-refractivity contribution in [2.45, 2.75) is 46.6 Å². The van der Waals surface area contributed by atoms with Crippen LogP contribution in [0.5, 0.6) is 0 Å². The molecule has 1 atom stereocenters. The lowest BCUT2D eigenvalue weighted by Gasteiger charge is -2.33. The Morgan fingerprint density at radius 3 is 2.21 bits per heavy atom. The molecule has 0 heterocycles. The van der Waals surface area contributed by atoms with E-state index < -0.39 is 0 Å². The molecule has 0 fully saturated rings. The first-order chi connectivity index (χ1) is 6.45. The molecule has 0 saturated carbocycles. The summed E-state index contributed by atoms with van der Waals surface area (Å²) in [7, 11) is 2.04. The Morgan fingerprint density at radius 2 is 1.86 bits per heavy atom. The lowest BCUT2D eigenvalue weighted by Crippen LogP contribution is -2.48. The normalized spacial score (nSPS) is 14.8. The second-order valence-corrected chi connectivity index (χ2v) is 4.98. The highest BCUT2D eigenvalue weighted by Crippen LogP contribution is 2.09. The van der Waals surface area contributed by atoms with Gasteiger partial charge in [-0.1, -0.05) is 27.2 Å². The molecule has 0 spiro atoms. The van der Waals surface area contributed by atoms with Crippen LogP contribution in [0.3, 0.4) is 0 Å². The van der Waals surface area contributed by atoms with Crippen molar-refractivity contribution in [2.24, 2.45) is 5.92 Å². The van der Waals surface area contributed by atoms with E-state index in [0.29, 0.717) is 0 Å². The standard InChI is InChI=1S/C12H28N2/c1-7-11(3)9-14(8-2)10-12(4,5)13-6/h11,13H,7-10H2,1-6H3. The second-order valence-electron chi connectivity index (χ2n) is 4.98. The summed E-state index contributed by atoms with van der Waals surface area (Å²) >= 11 is 0. The minimum Gasteiger partial charge on any atom is -0.314 e. The van der Waals surface area contributed by atoms with Gasteiger partial charge in [0, 0.05) is 18.6 Å². The van der Waals surface area contributed by atoms with Crippen LogP contribution in [0.25, 0.3) is 0 Å². The van der Waals surface area contributed by atoms with Crippen molar-refractivity contribution in [3.05, 3.63) is 0 Å². The number of rotatable bonds is 7. The van der Waals surface area contributed by atoms with Crippen LogP contribution < -0.4 is 5.32 Å². The summed E-state index contributed by atoms with van der Waals surface area (Å²) < 4.78 is 0. The smallest absolute Gasteiger partial charge is 0.0249 e. The molecule has 0 aliphatic rings. The quantitative estimate of drug-likeness (QED) is 0.678. The van der Waals surface area contributed by atoms with E-state index >= 15 is 0 Å². The van der Waals surface area contributed by atoms with Gasteiger partial charge in [0.05, 0.1) is 0 Å². The molecule has 0 aromatic heterocycles. The molecule has 0 aromatic rings. The Labute approximate surface area is 90.1 Å². The predicted molar refractivity (Wildman–Crippen MR) is 64.7 cm³/mol. The lowest BCUT2D eigenvalue weighted by molar-refractivity contribution is 0.190. The highest BCUT2D eigenvalue weighted by atomic mass is 15.2. The summed E-state index contributed by atoms with van der Waals surface area (Å²) in [6.45, 7) is 14.8. The molecular formula is C12H28N2. The fourth-order valence-corrected chi connectivity index (χ4v) is 1.51. The summed E-state index contributed by atoms with van der Waals surface area (Å²) in [5.74, 6) is 0.808. The van der Waals surface area contributed by atoms with Crippen molar-refractivity contribution in [1.82, 2.24) is 10.2 Å². The van der Waals surface area contributed by atoms with Gasteiger partial charge in [0.2, 0.25) is 0 Å². The van der Waals surface area contributed by atoms with Crippen LogP contribution in [0.1, 0.15) is 41.0 Å². The third kappa shape index (κ3) is 5.61. The SMILES string of the molecule is CCC(C)CN(CC)CC(C)(C)NC. The van der Waals surface area contributed by atoms with Crippen molar-refractivity contribution < 1.29 is 0 Å². The van der Waals surface area contributed by atoms with E-state index in [-0.39, 0.29) is 5.54 Å². The molecule has 1 unspecified atom stereocenters. The lowest BCUT2D eigenvalue weighted by atomic mass is 10.0. The Hall–Kier alpha value is -0.0800. The van der Waals surface area contributed by atoms with Crippen molar-refractivity contribution >= 4 is 0 Å². The summed E-state index contributed by atoms with van der Waals surface area (Å²) in [5.41, 5.74) is 0.226. The summed E-state index contributed by atoms with van der Waals surface area (Å²) in [6, 6.07) is 0. The summed E-state index contributed by atoms with van der Waals surface area (Å²) in [4.78, 5) is 2.53. The molecule has 0 amide bonds. The summed E-state index contributed by atoms with van der Waals surface area (Å²) in [6.07, 6.45) is 1.27. The van der Waals surface area contributed by atoms with E-state index in [2.05, 4.69) is 44.8 Å². The Kier molecular flexibility index (Phi) is 6.38. The van der Waals surface area contributed by atoms with Crippen molar-refractivity contribution in [1.29, 1.82) is 0 Å². The molecule has 2 nitrogen and oxygen atoms in total. The van der Waals surface area contributed by atoms with Gasteiger partial charge >= 0.3 is 0 Å². The molecule has 0 aromatic carbocycles. The molecule has 0 aliphatic heterocycles. The van der Waals surface area contributed by atoms with E-state index in [1.54, 1.807) is 0 Å². The maximum Gasteiger partial charge on any atom is 0.0249 e. The fourth-order valence-electron chi connectivity index (χ4n) is 1.51. The van der Waals surface area contributed by atoms with E-state index in [1.807, 2.05) is 7.05 Å². The zero-order valence-corrected chi connectivity index (χ0v) is 10.9. The predicted octanol–water partition coefficient (Wildman–Crippen LogP) is 2.35. The molecule has 86 valence electrons. The van der Waals surface area contributed by atoms with Gasteiger partial charge in [-0.05, 0) is 33.4 Å². The number of likely N-dealkylation sites (N-methyl/N-ethyl adjacent to an activating group) is 2. The highest BCUT2D eigenvalue weighted by molar-refractivity contribution is 4.80. The molecule has 14 heavy (non-hydrogen) atoms. The fraction of sp³-hybridized carbons (Fsp3) is 1.00. The number of nitrogens with zero attached hydrogens (tertiary/aromatic N) is 1. The van der Waals surface area contributed by atoms with Gasteiger partial charge in [0.25, 0.3) is 0 Å². The maximum absolute atomic E-state index is 3.36. The third-order valence-electron chi connectivity index (χ3n) is 3.01. The van der Waals surface area contributed by atoms with Crippen LogP contribution in [0.4, 0.5) is 0 Å². The van der Waals surface area contributed by atoms with Crippen LogP contribution in [0, 0.1) is 5.92 Å². The van der Waals surface area contributed by atoms with Gasteiger partial charge in [0.15, 0.2) is 0 Å². The average molecular weight is 200 g/mol.